The number of rotatable bonds is 17. The van der Waals surface area contributed by atoms with Crippen molar-refractivity contribution in [3.05, 3.63) is 155 Å². The zero-order valence-electron chi connectivity index (χ0n) is 28.8. The third-order valence-electron chi connectivity index (χ3n) is 6.24. The van der Waals surface area contributed by atoms with Crippen LogP contribution in [0, 0.1) is 0 Å². The molecule has 0 aliphatic carbocycles. The van der Waals surface area contributed by atoms with Gasteiger partial charge in [0.2, 0.25) is 0 Å². The van der Waals surface area contributed by atoms with Gasteiger partial charge in [-0.25, -0.2) is 0 Å². The summed E-state index contributed by atoms with van der Waals surface area (Å²) < 4.78 is 5.45. The van der Waals surface area contributed by atoms with E-state index in [1.54, 1.807) is 7.11 Å². The molecule has 43 heavy (non-hydrogen) atoms. The first-order chi connectivity index (χ1) is 20.1. The Hall–Kier alpha value is -3.46. The van der Waals surface area contributed by atoms with Crippen molar-refractivity contribution in [1.29, 1.82) is 0 Å². The summed E-state index contributed by atoms with van der Waals surface area (Å²) in [5, 5.41) is 9.77. The third-order valence-corrected chi connectivity index (χ3v) is 6.24. The molecular weight excluding hydrogens is 524 g/mol. The van der Waals surface area contributed by atoms with E-state index in [2.05, 4.69) is 165 Å². The van der Waals surface area contributed by atoms with Crippen molar-refractivity contribution < 1.29 is 9.84 Å². The van der Waals surface area contributed by atoms with Gasteiger partial charge in [0.25, 0.3) is 0 Å². The molecule has 0 heterocycles. The van der Waals surface area contributed by atoms with Gasteiger partial charge in [-0.2, -0.15) is 0 Å². The molecule has 0 unspecified atom stereocenters. The van der Waals surface area contributed by atoms with Crippen LogP contribution in [0.5, 0.6) is 0 Å². The molecule has 0 saturated heterocycles. The van der Waals surface area contributed by atoms with Gasteiger partial charge in [0.1, 0.15) is 0 Å². The summed E-state index contributed by atoms with van der Waals surface area (Å²) in [6.45, 7) is 20.4. The average molecular weight is 583 g/mol. The van der Waals surface area contributed by atoms with Crippen molar-refractivity contribution in [2.24, 2.45) is 0 Å². The van der Waals surface area contributed by atoms with Crippen molar-refractivity contribution in [2.45, 2.75) is 93.3 Å². The van der Waals surface area contributed by atoms with E-state index in [1.165, 1.54) is 27.9 Å². The summed E-state index contributed by atoms with van der Waals surface area (Å²) in [4.78, 5) is 0. The summed E-state index contributed by atoms with van der Waals surface area (Å²) in [5.74, 6) is 0. The van der Waals surface area contributed by atoms with Crippen LogP contribution in [0.25, 0.3) is 0 Å². The second-order valence-electron chi connectivity index (χ2n) is 12.3. The topological polar surface area (TPSA) is 29.5 Å². The molecule has 0 rings (SSSR count). The van der Waals surface area contributed by atoms with Gasteiger partial charge in [0.05, 0.1) is 11.2 Å². The van der Waals surface area contributed by atoms with E-state index < -0.39 is 5.60 Å². The van der Waals surface area contributed by atoms with Crippen LogP contribution in [-0.2, 0) is 4.74 Å². The maximum Gasteiger partial charge on any atom is 0.0657 e. The Balaban J connectivity index is 4.79. The monoisotopic (exact) mass is 582 g/mol. The lowest BCUT2D eigenvalue weighted by Crippen LogP contribution is -2.20. The van der Waals surface area contributed by atoms with Crippen LogP contribution < -0.4 is 0 Å². The predicted octanol–water partition coefficient (Wildman–Crippen LogP) is 11.5. The normalized spacial score (nSPS) is 16.4. The van der Waals surface area contributed by atoms with Crippen molar-refractivity contribution in [3.63, 3.8) is 0 Å². The lowest BCUT2D eigenvalue weighted by Gasteiger charge is -2.20. The molecular formula is C41H58O2. The fourth-order valence-electron chi connectivity index (χ4n) is 3.30. The quantitative estimate of drug-likeness (QED) is 0.173. The van der Waals surface area contributed by atoms with Gasteiger partial charge < -0.3 is 9.84 Å². The molecule has 0 atom stereocenters. The largest absolute Gasteiger partial charge is 0.390 e. The molecule has 0 aliphatic rings. The van der Waals surface area contributed by atoms with Crippen molar-refractivity contribution in [2.75, 3.05) is 7.11 Å². The van der Waals surface area contributed by atoms with Crippen molar-refractivity contribution >= 4 is 0 Å². The van der Waals surface area contributed by atoms with E-state index in [9.17, 15) is 5.11 Å². The number of hydrogen-bond donors (Lipinski definition) is 1. The van der Waals surface area contributed by atoms with E-state index >= 15 is 0 Å². The van der Waals surface area contributed by atoms with Gasteiger partial charge in [-0.3, -0.25) is 0 Å². The smallest absolute Gasteiger partial charge is 0.0657 e. The minimum absolute atomic E-state index is 0.125. The molecule has 0 saturated carbocycles. The average Bonchev–Trinajstić information content (AvgIpc) is 2.90. The Bertz CT molecular complexity index is 1230. The van der Waals surface area contributed by atoms with Crippen LogP contribution in [0.4, 0.5) is 0 Å². The molecule has 0 aromatic carbocycles. The number of aliphatic hydroxyl groups is 1. The summed E-state index contributed by atoms with van der Waals surface area (Å²) in [6, 6.07) is 0. The van der Waals surface area contributed by atoms with Crippen LogP contribution >= 0.6 is 0 Å². The zero-order valence-corrected chi connectivity index (χ0v) is 28.8. The molecule has 0 bridgehead atoms. The molecule has 0 aromatic heterocycles. The molecule has 0 radical (unpaired) electrons. The molecule has 0 aromatic rings. The Labute approximate surface area is 264 Å². The molecule has 0 aliphatic heterocycles. The van der Waals surface area contributed by atoms with Gasteiger partial charge in [0, 0.05) is 7.11 Å². The van der Waals surface area contributed by atoms with Crippen LogP contribution in [0.3, 0.4) is 0 Å². The predicted molar refractivity (Wildman–Crippen MR) is 193 cm³/mol. The molecule has 0 amide bonds. The number of ether oxygens (including phenoxy) is 1. The second kappa shape index (κ2) is 22.1. The van der Waals surface area contributed by atoms with E-state index in [0.29, 0.717) is 6.42 Å². The Morgan fingerprint density at radius 2 is 0.744 bits per heavy atom. The van der Waals surface area contributed by atoms with Gasteiger partial charge >= 0.3 is 0 Å². The Kier molecular flexibility index (Phi) is 20.3. The molecule has 2 heteroatoms. The summed E-state index contributed by atoms with van der Waals surface area (Å²) in [7, 11) is 1.75. The maximum absolute atomic E-state index is 9.77. The van der Waals surface area contributed by atoms with Crippen LogP contribution in [-0.4, -0.2) is 23.4 Å². The molecule has 1 N–H and O–H groups in total. The highest BCUT2D eigenvalue weighted by atomic mass is 16.5. The highest BCUT2D eigenvalue weighted by molar-refractivity contribution is 5.33. The number of hydrogen-bond acceptors (Lipinski definition) is 2. The van der Waals surface area contributed by atoms with Gasteiger partial charge in [-0.1, -0.05) is 155 Å². The van der Waals surface area contributed by atoms with Gasteiger partial charge in [-0.05, 0) is 82.1 Å². The maximum atomic E-state index is 9.77. The van der Waals surface area contributed by atoms with E-state index in [-0.39, 0.29) is 5.60 Å². The molecule has 2 nitrogen and oxygen atoms in total. The van der Waals surface area contributed by atoms with E-state index in [1.807, 2.05) is 26.0 Å². The van der Waals surface area contributed by atoms with Gasteiger partial charge in [0.15, 0.2) is 0 Å². The highest BCUT2D eigenvalue weighted by Crippen LogP contribution is 2.14. The summed E-state index contributed by atoms with van der Waals surface area (Å²) >= 11 is 0. The SMILES string of the molecule is COC(C)(C)CC=CC(C)=CC=CC(C)=CC=CC(C)=CC=CC=C(C)C=CC=C(C)C=CC=C(C)C=CCC(C)(C)O. The van der Waals surface area contributed by atoms with Crippen molar-refractivity contribution in [1.82, 2.24) is 0 Å². The van der Waals surface area contributed by atoms with E-state index in [0.717, 1.165) is 12.0 Å². The number of methoxy groups -OCH3 is 1. The van der Waals surface area contributed by atoms with Crippen LogP contribution in [0.1, 0.15) is 82.1 Å². The highest BCUT2D eigenvalue weighted by Gasteiger charge is 2.13. The molecule has 0 fully saturated rings. The fraction of sp³-hybridized carbons (Fsp3) is 0.366. The van der Waals surface area contributed by atoms with Crippen molar-refractivity contribution in [3.8, 4) is 0 Å². The number of allylic oxidation sites excluding steroid dienone is 24. The second-order valence-corrected chi connectivity index (χ2v) is 12.3. The van der Waals surface area contributed by atoms with Crippen LogP contribution in [0.2, 0.25) is 0 Å². The standard InChI is InChI=1S/C41H58O2/c1-34(22-14-24-36(3)26-16-28-38(5)30-18-32-40(7,8)42)20-12-13-21-35(2)23-15-25-37(4)27-17-29-39(6)31-19-33-41(9,10)43-11/h12-31,42H,32-33H2,1-11H3. The van der Waals surface area contributed by atoms with E-state index in [4.69, 9.17) is 4.74 Å². The first-order valence-corrected chi connectivity index (χ1v) is 15.2. The summed E-state index contributed by atoms with van der Waals surface area (Å²) in [5.41, 5.74) is 6.32. The minimum Gasteiger partial charge on any atom is -0.390 e. The lowest BCUT2D eigenvalue weighted by molar-refractivity contribution is 0.0255. The Morgan fingerprint density at radius 3 is 1.05 bits per heavy atom. The van der Waals surface area contributed by atoms with Crippen LogP contribution in [0.15, 0.2) is 155 Å². The zero-order chi connectivity index (χ0) is 32.7. The fourth-order valence-corrected chi connectivity index (χ4v) is 3.30. The molecule has 234 valence electrons. The third kappa shape index (κ3) is 25.9. The molecule has 0 spiro atoms. The first kappa shape index (κ1) is 39.5. The van der Waals surface area contributed by atoms with Gasteiger partial charge in [-0.15, -0.1) is 0 Å². The first-order valence-electron chi connectivity index (χ1n) is 15.2. The summed E-state index contributed by atoms with van der Waals surface area (Å²) in [6.07, 6.45) is 43.4. The minimum atomic E-state index is -0.665. The lowest BCUT2D eigenvalue weighted by atomic mass is 10.0. The Morgan fingerprint density at radius 1 is 0.465 bits per heavy atom.